The van der Waals surface area contributed by atoms with E-state index in [1.54, 1.807) is 6.07 Å². The van der Waals surface area contributed by atoms with Crippen LogP contribution in [0.3, 0.4) is 0 Å². The van der Waals surface area contributed by atoms with E-state index >= 15 is 0 Å². The van der Waals surface area contributed by atoms with E-state index in [9.17, 15) is 9.90 Å². The molecule has 1 fully saturated rings. The van der Waals surface area contributed by atoms with Gasteiger partial charge < -0.3 is 5.11 Å². The fraction of sp³-hybridized carbons (Fsp3) is 0.533. The van der Waals surface area contributed by atoms with E-state index in [4.69, 9.17) is 0 Å². The van der Waals surface area contributed by atoms with Crippen molar-refractivity contribution in [1.82, 2.24) is 0 Å². The maximum atomic E-state index is 12.0. The third-order valence-electron chi connectivity index (χ3n) is 3.19. The molecule has 0 spiro atoms. The van der Waals surface area contributed by atoms with Crippen molar-refractivity contribution in [3.8, 4) is 0 Å². The largest absolute Gasteiger partial charge is 0.385 e. The second kappa shape index (κ2) is 5.01. The van der Waals surface area contributed by atoms with Gasteiger partial charge in [0, 0.05) is 5.56 Å². The summed E-state index contributed by atoms with van der Waals surface area (Å²) in [5, 5.41) is 9.83. The minimum Gasteiger partial charge on any atom is -0.385 e. The molecule has 0 heterocycles. The summed E-state index contributed by atoms with van der Waals surface area (Å²) in [5.74, 6) is 0.670. The van der Waals surface area contributed by atoms with Crippen molar-refractivity contribution in [1.29, 1.82) is 0 Å². The highest BCUT2D eigenvalue weighted by Gasteiger charge is 2.34. The zero-order valence-electron chi connectivity index (χ0n) is 10.5. The fourth-order valence-electron chi connectivity index (χ4n) is 2.12. The van der Waals surface area contributed by atoms with Crippen LogP contribution in [0.15, 0.2) is 24.3 Å². The van der Waals surface area contributed by atoms with Crippen molar-refractivity contribution >= 4 is 5.78 Å². The molecular weight excluding hydrogens is 212 g/mol. The van der Waals surface area contributed by atoms with Gasteiger partial charge in [-0.05, 0) is 42.7 Å². The molecule has 1 unspecified atom stereocenters. The number of rotatable bonds is 5. The third-order valence-corrected chi connectivity index (χ3v) is 3.19. The first-order chi connectivity index (χ1) is 8.08. The molecule has 1 atom stereocenters. The molecule has 2 heteroatoms. The molecule has 0 radical (unpaired) electrons. The topological polar surface area (TPSA) is 37.3 Å². The Bertz CT molecular complexity index is 405. The van der Waals surface area contributed by atoms with Crippen LogP contribution in [0.5, 0.6) is 0 Å². The molecule has 0 bridgehead atoms. The van der Waals surface area contributed by atoms with Crippen LogP contribution in [0.2, 0.25) is 0 Å². The Morgan fingerprint density at radius 3 is 2.71 bits per heavy atom. The second-order valence-corrected chi connectivity index (χ2v) is 5.44. The van der Waals surface area contributed by atoms with Gasteiger partial charge in [-0.1, -0.05) is 32.0 Å². The summed E-state index contributed by atoms with van der Waals surface area (Å²) in [5.41, 5.74) is 1.83. The van der Waals surface area contributed by atoms with Crippen LogP contribution in [-0.4, -0.2) is 17.0 Å². The Labute approximate surface area is 103 Å². The summed E-state index contributed by atoms with van der Waals surface area (Å²) in [7, 11) is 0. The summed E-state index contributed by atoms with van der Waals surface area (Å²) in [6.07, 6.45) is 2.15. The van der Waals surface area contributed by atoms with Gasteiger partial charge in [0.25, 0.3) is 0 Å². The monoisotopic (exact) mass is 232 g/mol. The molecule has 1 aliphatic rings. The maximum Gasteiger partial charge on any atom is 0.191 e. The summed E-state index contributed by atoms with van der Waals surface area (Å²) in [4.78, 5) is 12.0. The van der Waals surface area contributed by atoms with E-state index in [-0.39, 0.29) is 11.7 Å². The lowest BCUT2D eigenvalue weighted by molar-refractivity contribution is 0.0704. The van der Waals surface area contributed by atoms with Gasteiger partial charge in [-0.15, -0.1) is 0 Å². The molecule has 0 saturated heterocycles. The van der Waals surface area contributed by atoms with Crippen molar-refractivity contribution in [3.63, 3.8) is 0 Å². The molecule has 1 saturated carbocycles. The molecule has 0 aromatic heterocycles. The fourth-order valence-corrected chi connectivity index (χ4v) is 2.12. The summed E-state index contributed by atoms with van der Waals surface area (Å²) in [6.45, 7) is 4.32. The highest BCUT2D eigenvalue weighted by Crippen LogP contribution is 2.34. The first-order valence-electron chi connectivity index (χ1n) is 6.39. The number of Topliss-reactive ketones (excluding diaryl/α,β-unsaturated/α-hetero) is 1. The molecule has 1 N–H and O–H groups in total. The molecule has 0 aliphatic heterocycles. The van der Waals surface area contributed by atoms with E-state index in [0.29, 0.717) is 11.5 Å². The van der Waals surface area contributed by atoms with Crippen LogP contribution < -0.4 is 0 Å². The van der Waals surface area contributed by atoms with Crippen molar-refractivity contribution in [3.05, 3.63) is 35.4 Å². The molecule has 1 aromatic carbocycles. The molecule has 17 heavy (non-hydrogen) atoms. The normalized spacial score (nSPS) is 17.2. The molecule has 1 aromatic rings. The zero-order valence-corrected chi connectivity index (χ0v) is 10.5. The summed E-state index contributed by atoms with van der Waals surface area (Å²) in [6, 6.07) is 7.68. The van der Waals surface area contributed by atoms with Crippen molar-refractivity contribution in [2.24, 2.45) is 11.8 Å². The van der Waals surface area contributed by atoms with Crippen LogP contribution in [0.25, 0.3) is 0 Å². The molecule has 2 nitrogen and oxygen atoms in total. The average Bonchev–Trinajstić information content (AvgIpc) is 3.10. The summed E-state index contributed by atoms with van der Waals surface area (Å²) >= 11 is 0. The van der Waals surface area contributed by atoms with Gasteiger partial charge >= 0.3 is 0 Å². The van der Waals surface area contributed by atoms with Gasteiger partial charge in [0.05, 0.1) is 0 Å². The van der Waals surface area contributed by atoms with Crippen LogP contribution in [0, 0.1) is 11.8 Å². The lowest BCUT2D eigenvalue weighted by atomic mass is 9.97. The van der Waals surface area contributed by atoms with Crippen LogP contribution >= 0.6 is 0 Å². The first-order valence-corrected chi connectivity index (χ1v) is 6.39. The Kier molecular flexibility index (Phi) is 3.63. The van der Waals surface area contributed by atoms with E-state index in [1.807, 2.05) is 18.2 Å². The van der Waals surface area contributed by atoms with Crippen molar-refractivity contribution < 1.29 is 9.90 Å². The van der Waals surface area contributed by atoms with Crippen LogP contribution in [-0.2, 0) is 6.42 Å². The number of aliphatic hydroxyl groups is 1. The van der Waals surface area contributed by atoms with Gasteiger partial charge in [-0.2, -0.15) is 0 Å². The molecular formula is C15H20O2. The number of carbonyl (C=O) groups is 1. The lowest BCUT2D eigenvalue weighted by Gasteiger charge is -2.10. The molecule has 1 aliphatic carbocycles. The second-order valence-electron chi connectivity index (χ2n) is 5.44. The van der Waals surface area contributed by atoms with E-state index in [0.717, 1.165) is 19.3 Å². The number of benzene rings is 1. The predicted molar refractivity (Wildman–Crippen MR) is 68.0 cm³/mol. The average molecular weight is 232 g/mol. The standard InChI is InChI=1S/C15H20O2/c1-10(2)8-11-4-3-5-13(9-11)15(17)14(16)12-6-7-12/h3-5,9-10,12,14,16H,6-8H2,1-2H3. The highest BCUT2D eigenvalue weighted by molar-refractivity contribution is 5.99. The minimum atomic E-state index is -0.788. The number of hydrogen-bond donors (Lipinski definition) is 1. The van der Waals surface area contributed by atoms with Crippen LogP contribution in [0.1, 0.15) is 42.6 Å². The lowest BCUT2D eigenvalue weighted by Crippen LogP contribution is -2.22. The SMILES string of the molecule is CC(C)Cc1cccc(C(=O)C(O)C2CC2)c1. The maximum absolute atomic E-state index is 12.0. The highest BCUT2D eigenvalue weighted by atomic mass is 16.3. The predicted octanol–water partition coefficient (Wildman–Crippen LogP) is 2.84. The number of ketones is 1. The van der Waals surface area contributed by atoms with E-state index in [2.05, 4.69) is 13.8 Å². The number of aliphatic hydroxyl groups excluding tert-OH is 1. The van der Waals surface area contributed by atoms with Gasteiger partial charge in [-0.25, -0.2) is 0 Å². The first kappa shape index (κ1) is 12.3. The third kappa shape index (κ3) is 3.16. The van der Waals surface area contributed by atoms with Crippen molar-refractivity contribution in [2.75, 3.05) is 0 Å². The zero-order chi connectivity index (χ0) is 12.4. The molecule has 2 rings (SSSR count). The number of carbonyl (C=O) groups excluding carboxylic acids is 1. The Morgan fingerprint density at radius 2 is 2.12 bits per heavy atom. The Morgan fingerprint density at radius 1 is 1.41 bits per heavy atom. The van der Waals surface area contributed by atoms with Crippen molar-refractivity contribution in [2.45, 2.75) is 39.2 Å². The van der Waals surface area contributed by atoms with Gasteiger partial charge in [0.15, 0.2) is 5.78 Å². The Balaban J connectivity index is 2.11. The van der Waals surface area contributed by atoms with Gasteiger partial charge in [-0.3, -0.25) is 4.79 Å². The van der Waals surface area contributed by atoms with Gasteiger partial charge in [0.2, 0.25) is 0 Å². The molecule has 92 valence electrons. The van der Waals surface area contributed by atoms with E-state index < -0.39 is 6.10 Å². The molecule has 0 amide bonds. The minimum absolute atomic E-state index is 0.113. The van der Waals surface area contributed by atoms with Crippen LogP contribution in [0.4, 0.5) is 0 Å². The van der Waals surface area contributed by atoms with E-state index in [1.165, 1.54) is 5.56 Å². The number of hydrogen-bond acceptors (Lipinski definition) is 2. The van der Waals surface area contributed by atoms with Gasteiger partial charge in [0.1, 0.15) is 6.10 Å². The smallest absolute Gasteiger partial charge is 0.191 e. The quantitative estimate of drug-likeness (QED) is 0.793. The Hall–Kier alpha value is -1.15. The summed E-state index contributed by atoms with van der Waals surface area (Å²) < 4.78 is 0.